The summed E-state index contributed by atoms with van der Waals surface area (Å²) < 4.78 is 2.93. The Morgan fingerprint density at radius 3 is 2.75 bits per heavy atom. The minimum Gasteiger partial charge on any atom is -0.330 e. The molecule has 0 aliphatic heterocycles. The first kappa shape index (κ1) is 13.3. The van der Waals surface area contributed by atoms with E-state index in [-0.39, 0.29) is 0 Å². The standard InChI is InChI=1S/C15H15BrN4/c1-10-14(8-9-17)20-15(18-10)7-6-13(19-20)11-4-2-3-5-12(11)16/h2-7H,8-9,17H2,1H3. The van der Waals surface area contributed by atoms with Crippen LogP contribution in [0.15, 0.2) is 40.9 Å². The lowest BCUT2D eigenvalue weighted by molar-refractivity contribution is 0.823. The van der Waals surface area contributed by atoms with Gasteiger partial charge in [0.15, 0.2) is 5.65 Å². The highest BCUT2D eigenvalue weighted by molar-refractivity contribution is 9.10. The van der Waals surface area contributed by atoms with Crippen molar-refractivity contribution in [3.05, 3.63) is 52.3 Å². The van der Waals surface area contributed by atoms with Crippen molar-refractivity contribution in [2.75, 3.05) is 6.54 Å². The highest BCUT2D eigenvalue weighted by Crippen LogP contribution is 2.26. The molecule has 0 saturated heterocycles. The van der Waals surface area contributed by atoms with Crippen LogP contribution < -0.4 is 5.73 Å². The molecule has 1 aromatic carbocycles. The van der Waals surface area contributed by atoms with E-state index in [0.29, 0.717) is 6.54 Å². The van der Waals surface area contributed by atoms with Crippen LogP contribution in [0.4, 0.5) is 0 Å². The fourth-order valence-electron chi connectivity index (χ4n) is 2.33. The maximum absolute atomic E-state index is 5.68. The molecule has 20 heavy (non-hydrogen) atoms. The minimum absolute atomic E-state index is 0.593. The topological polar surface area (TPSA) is 56.2 Å². The molecule has 0 radical (unpaired) electrons. The summed E-state index contributed by atoms with van der Waals surface area (Å²) in [6.45, 7) is 2.59. The number of halogens is 1. The van der Waals surface area contributed by atoms with Crippen molar-refractivity contribution in [2.24, 2.45) is 5.73 Å². The third kappa shape index (κ3) is 2.23. The van der Waals surface area contributed by atoms with Crippen molar-refractivity contribution >= 4 is 21.6 Å². The smallest absolute Gasteiger partial charge is 0.154 e. The number of nitrogens with zero attached hydrogens (tertiary/aromatic N) is 3. The van der Waals surface area contributed by atoms with E-state index in [1.54, 1.807) is 0 Å². The van der Waals surface area contributed by atoms with Crippen LogP contribution in [-0.2, 0) is 6.42 Å². The van der Waals surface area contributed by atoms with Crippen molar-refractivity contribution < 1.29 is 0 Å². The molecule has 2 N–H and O–H groups in total. The van der Waals surface area contributed by atoms with Gasteiger partial charge in [0.1, 0.15) is 0 Å². The highest BCUT2D eigenvalue weighted by atomic mass is 79.9. The lowest BCUT2D eigenvalue weighted by atomic mass is 10.1. The van der Waals surface area contributed by atoms with E-state index in [0.717, 1.165) is 39.2 Å². The molecule has 0 bridgehead atoms. The first-order chi connectivity index (χ1) is 9.70. The second kappa shape index (κ2) is 5.34. The first-order valence-electron chi connectivity index (χ1n) is 6.51. The van der Waals surface area contributed by atoms with Gasteiger partial charge in [-0.25, -0.2) is 9.50 Å². The lowest BCUT2D eigenvalue weighted by Gasteiger charge is -2.06. The Kier molecular flexibility index (Phi) is 3.54. The Bertz CT molecular complexity index is 764. The van der Waals surface area contributed by atoms with E-state index in [2.05, 4.69) is 20.9 Å². The van der Waals surface area contributed by atoms with Gasteiger partial charge in [0, 0.05) is 16.5 Å². The summed E-state index contributed by atoms with van der Waals surface area (Å²) in [7, 11) is 0. The summed E-state index contributed by atoms with van der Waals surface area (Å²) in [5.74, 6) is 0. The molecule has 5 heteroatoms. The second-order valence-corrected chi connectivity index (χ2v) is 5.51. The van der Waals surface area contributed by atoms with Gasteiger partial charge in [-0.15, -0.1) is 0 Å². The Labute approximate surface area is 125 Å². The zero-order valence-corrected chi connectivity index (χ0v) is 12.8. The summed E-state index contributed by atoms with van der Waals surface area (Å²) in [6, 6.07) is 12.0. The third-order valence-electron chi connectivity index (χ3n) is 3.30. The maximum atomic E-state index is 5.68. The van der Waals surface area contributed by atoms with Gasteiger partial charge >= 0.3 is 0 Å². The summed E-state index contributed by atoms with van der Waals surface area (Å²) in [4.78, 5) is 4.52. The van der Waals surface area contributed by atoms with Crippen LogP contribution in [0, 0.1) is 6.92 Å². The molecule has 2 aromatic heterocycles. The minimum atomic E-state index is 0.593. The predicted octanol–water partition coefficient (Wildman–Crippen LogP) is 2.97. The fourth-order valence-corrected chi connectivity index (χ4v) is 2.81. The van der Waals surface area contributed by atoms with Crippen LogP contribution in [0.3, 0.4) is 0 Å². The van der Waals surface area contributed by atoms with Crippen LogP contribution in [-0.4, -0.2) is 21.1 Å². The predicted molar refractivity (Wildman–Crippen MR) is 83.6 cm³/mol. The molecule has 0 aliphatic rings. The van der Waals surface area contributed by atoms with Crippen molar-refractivity contribution in [2.45, 2.75) is 13.3 Å². The normalized spacial score (nSPS) is 11.2. The third-order valence-corrected chi connectivity index (χ3v) is 3.99. The molecule has 0 amide bonds. The van der Waals surface area contributed by atoms with Crippen LogP contribution in [0.5, 0.6) is 0 Å². The zero-order chi connectivity index (χ0) is 14.1. The summed E-state index contributed by atoms with van der Waals surface area (Å²) in [5.41, 5.74) is 10.6. The fraction of sp³-hybridized carbons (Fsp3) is 0.200. The molecule has 0 aliphatic carbocycles. The molecule has 0 fully saturated rings. The molecule has 0 saturated carbocycles. The Balaban J connectivity index is 2.19. The lowest BCUT2D eigenvalue weighted by Crippen LogP contribution is -2.08. The van der Waals surface area contributed by atoms with Gasteiger partial charge in [-0.1, -0.05) is 34.1 Å². The zero-order valence-electron chi connectivity index (χ0n) is 11.2. The van der Waals surface area contributed by atoms with Crippen molar-refractivity contribution in [1.82, 2.24) is 14.6 Å². The van der Waals surface area contributed by atoms with Crippen LogP contribution in [0.25, 0.3) is 16.9 Å². The van der Waals surface area contributed by atoms with E-state index < -0.39 is 0 Å². The van der Waals surface area contributed by atoms with E-state index in [4.69, 9.17) is 10.8 Å². The van der Waals surface area contributed by atoms with E-state index in [1.807, 2.05) is 47.8 Å². The number of rotatable bonds is 3. The molecule has 3 aromatic rings. The van der Waals surface area contributed by atoms with Gasteiger partial charge in [0.25, 0.3) is 0 Å². The van der Waals surface area contributed by atoms with Crippen LogP contribution >= 0.6 is 15.9 Å². The Morgan fingerprint density at radius 1 is 1.20 bits per heavy atom. The first-order valence-corrected chi connectivity index (χ1v) is 7.30. The Morgan fingerprint density at radius 2 is 2.00 bits per heavy atom. The van der Waals surface area contributed by atoms with Gasteiger partial charge in [0.2, 0.25) is 0 Å². The largest absolute Gasteiger partial charge is 0.330 e. The monoisotopic (exact) mass is 330 g/mol. The SMILES string of the molecule is Cc1nc2ccc(-c3ccccc3Br)nn2c1CCN. The second-order valence-electron chi connectivity index (χ2n) is 4.65. The average molecular weight is 331 g/mol. The van der Waals surface area contributed by atoms with Crippen molar-refractivity contribution in [3.8, 4) is 11.3 Å². The summed E-state index contributed by atoms with van der Waals surface area (Å²) in [6.07, 6.45) is 0.777. The van der Waals surface area contributed by atoms with Crippen molar-refractivity contribution in [3.63, 3.8) is 0 Å². The van der Waals surface area contributed by atoms with E-state index in [9.17, 15) is 0 Å². The number of aryl methyl sites for hydroxylation is 1. The van der Waals surface area contributed by atoms with Gasteiger partial charge < -0.3 is 5.73 Å². The van der Waals surface area contributed by atoms with E-state index in [1.165, 1.54) is 0 Å². The number of aromatic nitrogens is 3. The van der Waals surface area contributed by atoms with Crippen LogP contribution in [0.2, 0.25) is 0 Å². The highest BCUT2D eigenvalue weighted by Gasteiger charge is 2.11. The van der Waals surface area contributed by atoms with Gasteiger partial charge in [-0.2, -0.15) is 5.10 Å². The van der Waals surface area contributed by atoms with Crippen molar-refractivity contribution in [1.29, 1.82) is 0 Å². The summed E-state index contributed by atoms with van der Waals surface area (Å²) in [5, 5.41) is 4.71. The molecule has 0 spiro atoms. The van der Waals surface area contributed by atoms with Crippen LogP contribution in [0.1, 0.15) is 11.4 Å². The number of imidazole rings is 1. The maximum Gasteiger partial charge on any atom is 0.154 e. The molecule has 0 unspecified atom stereocenters. The number of hydrogen-bond acceptors (Lipinski definition) is 3. The summed E-state index contributed by atoms with van der Waals surface area (Å²) >= 11 is 3.57. The molecule has 2 heterocycles. The van der Waals surface area contributed by atoms with Gasteiger partial charge in [0.05, 0.1) is 17.1 Å². The molecular weight excluding hydrogens is 316 g/mol. The quantitative estimate of drug-likeness (QED) is 0.803. The number of benzene rings is 1. The molecular formula is C15H15BrN4. The molecule has 4 nitrogen and oxygen atoms in total. The molecule has 3 rings (SSSR count). The van der Waals surface area contributed by atoms with Gasteiger partial charge in [-0.3, -0.25) is 0 Å². The van der Waals surface area contributed by atoms with E-state index >= 15 is 0 Å². The number of fused-ring (bicyclic) bond motifs is 1. The Hall–Kier alpha value is -1.72. The number of hydrogen-bond donors (Lipinski definition) is 1. The molecule has 102 valence electrons. The van der Waals surface area contributed by atoms with Gasteiger partial charge in [-0.05, 0) is 31.7 Å². The average Bonchev–Trinajstić information content (AvgIpc) is 2.76. The molecule has 0 atom stereocenters. The number of nitrogens with two attached hydrogens (primary N) is 1.